The third-order valence-corrected chi connectivity index (χ3v) is 5.18. The number of likely N-dealkylation sites (N-methyl/N-ethyl adjacent to an activating group) is 1. The van der Waals surface area contributed by atoms with Gasteiger partial charge < -0.3 is 10.2 Å². The number of carbonyl (C=O) groups is 1. The van der Waals surface area contributed by atoms with Gasteiger partial charge in [-0.15, -0.1) is 0 Å². The van der Waals surface area contributed by atoms with Crippen molar-refractivity contribution in [2.75, 3.05) is 11.9 Å². The predicted molar refractivity (Wildman–Crippen MR) is 109 cm³/mol. The highest BCUT2D eigenvalue weighted by Gasteiger charge is 2.29. The first-order chi connectivity index (χ1) is 12.6. The molecular weight excluding hydrogens is 344 g/mol. The Morgan fingerprint density at radius 3 is 2.27 bits per heavy atom. The second kappa shape index (κ2) is 8.91. The van der Waals surface area contributed by atoms with Crippen LogP contribution in [0.5, 0.6) is 0 Å². The summed E-state index contributed by atoms with van der Waals surface area (Å²) in [5.74, 6) is -0.0413. The van der Waals surface area contributed by atoms with Crippen molar-refractivity contribution in [2.24, 2.45) is 0 Å². The molecule has 4 heteroatoms. The summed E-state index contributed by atoms with van der Waals surface area (Å²) in [5, 5.41) is 3.70. The molecule has 1 fully saturated rings. The first-order valence-corrected chi connectivity index (χ1v) is 9.53. The summed E-state index contributed by atoms with van der Waals surface area (Å²) in [6.07, 6.45) is 6.33. The molecule has 0 saturated heterocycles. The van der Waals surface area contributed by atoms with Gasteiger partial charge in [-0.2, -0.15) is 0 Å². The van der Waals surface area contributed by atoms with Gasteiger partial charge >= 0.3 is 0 Å². The van der Waals surface area contributed by atoms with Crippen LogP contribution in [0.15, 0.2) is 65.7 Å². The molecule has 26 heavy (non-hydrogen) atoms. The van der Waals surface area contributed by atoms with Gasteiger partial charge in [-0.1, -0.05) is 73.0 Å². The van der Waals surface area contributed by atoms with Crippen molar-refractivity contribution < 1.29 is 4.79 Å². The summed E-state index contributed by atoms with van der Waals surface area (Å²) in [4.78, 5) is 15.0. The molecule has 2 aromatic carbocycles. The summed E-state index contributed by atoms with van der Waals surface area (Å²) >= 11 is 6.67. The summed E-state index contributed by atoms with van der Waals surface area (Å²) in [5.41, 5.74) is 1.94. The fourth-order valence-electron chi connectivity index (χ4n) is 3.44. The van der Waals surface area contributed by atoms with E-state index in [0.29, 0.717) is 5.03 Å². The molecule has 0 radical (unpaired) electrons. The van der Waals surface area contributed by atoms with E-state index in [-0.39, 0.29) is 11.9 Å². The number of carbonyl (C=O) groups excluding carboxylic acids is 1. The van der Waals surface area contributed by atoms with Crippen molar-refractivity contribution in [1.82, 2.24) is 5.32 Å². The molecule has 0 heterocycles. The first-order valence-electron chi connectivity index (χ1n) is 9.15. The van der Waals surface area contributed by atoms with Crippen LogP contribution < -0.4 is 10.2 Å². The molecule has 0 bridgehead atoms. The molecule has 0 aromatic heterocycles. The molecule has 1 aliphatic carbocycles. The Balaban J connectivity index is 1.87. The van der Waals surface area contributed by atoms with E-state index in [9.17, 15) is 4.79 Å². The van der Waals surface area contributed by atoms with E-state index in [1.165, 1.54) is 12.8 Å². The molecule has 1 atom stereocenters. The van der Waals surface area contributed by atoms with Gasteiger partial charge in [0.05, 0.1) is 5.03 Å². The van der Waals surface area contributed by atoms with Crippen LogP contribution in [0.2, 0.25) is 0 Å². The largest absolute Gasteiger partial charge is 0.358 e. The van der Waals surface area contributed by atoms with Crippen molar-refractivity contribution in [2.45, 2.75) is 37.8 Å². The number of halogens is 1. The second-order valence-corrected chi connectivity index (χ2v) is 7.22. The predicted octanol–water partition coefficient (Wildman–Crippen LogP) is 4.83. The van der Waals surface area contributed by atoms with Gasteiger partial charge in [-0.05, 0) is 36.6 Å². The lowest BCUT2D eigenvalue weighted by atomic mass is 10.1. The topological polar surface area (TPSA) is 32.3 Å². The van der Waals surface area contributed by atoms with E-state index in [4.69, 9.17) is 11.6 Å². The zero-order chi connectivity index (χ0) is 18.4. The highest BCUT2D eigenvalue weighted by atomic mass is 35.5. The Morgan fingerprint density at radius 1 is 1.08 bits per heavy atom. The normalized spacial score (nSPS) is 16.3. The second-order valence-electron chi connectivity index (χ2n) is 6.78. The van der Waals surface area contributed by atoms with Crippen LogP contribution in [0.3, 0.4) is 0 Å². The lowest BCUT2D eigenvalue weighted by molar-refractivity contribution is -0.122. The number of benzene rings is 2. The molecule has 1 amide bonds. The van der Waals surface area contributed by atoms with Crippen LogP contribution in [-0.2, 0) is 4.79 Å². The number of amides is 1. The van der Waals surface area contributed by atoms with E-state index in [0.717, 1.165) is 24.1 Å². The van der Waals surface area contributed by atoms with Crippen LogP contribution in [0, 0.1) is 0 Å². The lowest BCUT2D eigenvalue weighted by Crippen LogP contribution is -2.48. The van der Waals surface area contributed by atoms with E-state index >= 15 is 0 Å². The van der Waals surface area contributed by atoms with Gasteiger partial charge in [-0.25, -0.2) is 0 Å². The van der Waals surface area contributed by atoms with Crippen molar-refractivity contribution in [3.63, 3.8) is 0 Å². The number of hydrogen-bond donors (Lipinski definition) is 1. The molecule has 0 spiro atoms. The van der Waals surface area contributed by atoms with Crippen molar-refractivity contribution in [3.05, 3.63) is 71.3 Å². The maximum absolute atomic E-state index is 13.1. The van der Waals surface area contributed by atoms with E-state index in [1.54, 1.807) is 0 Å². The smallest absolute Gasteiger partial charge is 0.248 e. The standard InChI is InChI=1S/C22H25ClN2O/c1-25(19-14-6-3-7-15-19)21(22(26)24-18-12-8-9-13-18)20(23)16-17-10-4-2-5-11-17/h2-7,10-11,14-16,18,21H,8-9,12-13H2,1H3,(H,24,26). The van der Waals surface area contributed by atoms with E-state index < -0.39 is 6.04 Å². The molecule has 1 unspecified atom stereocenters. The monoisotopic (exact) mass is 368 g/mol. The molecule has 3 rings (SSSR count). The van der Waals surface area contributed by atoms with Crippen molar-refractivity contribution in [1.29, 1.82) is 0 Å². The number of nitrogens with one attached hydrogen (secondary N) is 1. The van der Waals surface area contributed by atoms with E-state index in [1.807, 2.05) is 78.7 Å². The van der Waals surface area contributed by atoms with Crippen LogP contribution in [0.1, 0.15) is 31.2 Å². The number of nitrogens with zero attached hydrogens (tertiary/aromatic N) is 1. The molecule has 0 aliphatic heterocycles. The fraction of sp³-hybridized carbons (Fsp3) is 0.318. The number of rotatable bonds is 6. The summed E-state index contributed by atoms with van der Waals surface area (Å²) in [6, 6.07) is 19.4. The minimum Gasteiger partial charge on any atom is -0.358 e. The summed E-state index contributed by atoms with van der Waals surface area (Å²) in [6.45, 7) is 0. The molecular formula is C22H25ClN2O. The third kappa shape index (κ3) is 4.67. The lowest BCUT2D eigenvalue weighted by Gasteiger charge is -2.30. The molecule has 3 nitrogen and oxygen atoms in total. The molecule has 1 aliphatic rings. The minimum absolute atomic E-state index is 0.0413. The van der Waals surface area contributed by atoms with Crippen LogP contribution >= 0.6 is 11.6 Å². The summed E-state index contributed by atoms with van der Waals surface area (Å²) < 4.78 is 0. The molecule has 1 saturated carbocycles. The number of hydrogen-bond acceptors (Lipinski definition) is 2. The average molecular weight is 369 g/mol. The number of anilines is 1. The SMILES string of the molecule is CN(c1ccccc1)C(C(=O)NC1CCCC1)C(Cl)=Cc1ccccc1. The maximum atomic E-state index is 13.1. The quantitative estimate of drug-likeness (QED) is 0.792. The van der Waals surface area contributed by atoms with Gasteiger partial charge in [0.2, 0.25) is 5.91 Å². The van der Waals surface area contributed by atoms with Gasteiger partial charge in [0.1, 0.15) is 6.04 Å². The zero-order valence-electron chi connectivity index (χ0n) is 15.1. The Kier molecular flexibility index (Phi) is 6.35. The van der Waals surface area contributed by atoms with Crippen LogP contribution in [-0.4, -0.2) is 25.0 Å². The van der Waals surface area contributed by atoms with E-state index in [2.05, 4.69) is 5.32 Å². The highest BCUT2D eigenvalue weighted by Crippen LogP contribution is 2.25. The van der Waals surface area contributed by atoms with Crippen molar-refractivity contribution in [3.8, 4) is 0 Å². The Bertz CT molecular complexity index is 739. The first kappa shape index (κ1) is 18.5. The minimum atomic E-state index is -0.556. The Morgan fingerprint density at radius 2 is 1.65 bits per heavy atom. The molecule has 1 N–H and O–H groups in total. The van der Waals surface area contributed by atoms with Crippen LogP contribution in [0.25, 0.3) is 6.08 Å². The average Bonchev–Trinajstić information content (AvgIpc) is 3.16. The van der Waals surface area contributed by atoms with Crippen molar-refractivity contribution >= 4 is 29.3 Å². The van der Waals surface area contributed by atoms with Gasteiger partial charge in [0.25, 0.3) is 0 Å². The van der Waals surface area contributed by atoms with Gasteiger partial charge in [0, 0.05) is 18.8 Å². The maximum Gasteiger partial charge on any atom is 0.248 e. The van der Waals surface area contributed by atoms with Gasteiger partial charge in [0.15, 0.2) is 0 Å². The number of para-hydroxylation sites is 1. The molecule has 136 valence electrons. The molecule has 2 aromatic rings. The Hall–Kier alpha value is -2.26. The van der Waals surface area contributed by atoms with Crippen LogP contribution in [0.4, 0.5) is 5.69 Å². The summed E-state index contributed by atoms with van der Waals surface area (Å²) in [7, 11) is 1.91. The van der Waals surface area contributed by atoms with Gasteiger partial charge in [-0.3, -0.25) is 4.79 Å². The highest BCUT2D eigenvalue weighted by molar-refractivity contribution is 6.34. The third-order valence-electron chi connectivity index (χ3n) is 4.87. The zero-order valence-corrected chi connectivity index (χ0v) is 15.8. The fourth-order valence-corrected chi connectivity index (χ4v) is 3.81. The Labute approximate surface area is 160 Å².